The summed E-state index contributed by atoms with van der Waals surface area (Å²) in [5, 5.41) is 0. The Hall–Kier alpha value is -3.06. The van der Waals surface area contributed by atoms with Gasteiger partial charge >= 0.3 is 0 Å². The normalized spacial score (nSPS) is 14.9. The van der Waals surface area contributed by atoms with Gasteiger partial charge in [-0.1, -0.05) is 12.1 Å². The molecule has 4 rings (SSSR count). The van der Waals surface area contributed by atoms with Crippen LogP contribution in [0.3, 0.4) is 0 Å². The SMILES string of the molecule is COCc1cccc(C(=O)N2CCC(c3nccn3Cc3ccccn3)CC2)n1. The van der Waals surface area contributed by atoms with Crippen molar-refractivity contribution >= 4 is 5.91 Å². The molecule has 150 valence electrons. The molecule has 0 aliphatic carbocycles. The predicted octanol–water partition coefficient (Wildman–Crippen LogP) is 2.89. The number of piperidine rings is 1. The Morgan fingerprint density at radius 3 is 2.66 bits per heavy atom. The van der Waals surface area contributed by atoms with Crippen molar-refractivity contribution in [3.8, 4) is 0 Å². The molecule has 0 atom stereocenters. The Balaban J connectivity index is 1.39. The average molecular weight is 391 g/mol. The topological polar surface area (TPSA) is 73.1 Å². The summed E-state index contributed by atoms with van der Waals surface area (Å²) < 4.78 is 7.28. The van der Waals surface area contributed by atoms with E-state index in [2.05, 4.69) is 19.5 Å². The van der Waals surface area contributed by atoms with E-state index in [1.165, 1.54) is 0 Å². The number of aromatic nitrogens is 4. The molecule has 1 aliphatic rings. The molecule has 0 aromatic carbocycles. The van der Waals surface area contributed by atoms with Crippen LogP contribution in [-0.4, -0.2) is 50.5 Å². The maximum absolute atomic E-state index is 12.9. The highest BCUT2D eigenvalue weighted by Crippen LogP contribution is 2.28. The molecule has 7 nitrogen and oxygen atoms in total. The standard InChI is InChI=1S/C22H25N5O2/c1-29-16-19-6-4-7-20(25-19)22(28)26-12-8-17(9-13-26)21-24-11-14-27(21)15-18-5-2-3-10-23-18/h2-7,10-11,14,17H,8-9,12-13,15-16H2,1H3. The number of hydrogen-bond donors (Lipinski definition) is 0. The van der Waals surface area contributed by atoms with Crippen LogP contribution in [-0.2, 0) is 17.9 Å². The van der Waals surface area contributed by atoms with Crippen molar-refractivity contribution in [2.45, 2.75) is 31.9 Å². The van der Waals surface area contributed by atoms with Gasteiger partial charge in [-0.05, 0) is 37.1 Å². The van der Waals surface area contributed by atoms with Gasteiger partial charge in [0, 0.05) is 44.7 Å². The minimum atomic E-state index is -0.0155. The molecule has 1 amide bonds. The monoisotopic (exact) mass is 391 g/mol. The van der Waals surface area contributed by atoms with Gasteiger partial charge < -0.3 is 14.2 Å². The van der Waals surface area contributed by atoms with E-state index in [1.807, 2.05) is 53.8 Å². The number of ether oxygens (including phenoxy) is 1. The Kier molecular flexibility index (Phi) is 5.95. The van der Waals surface area contributed by atoms with Crippen molar-refractivity contribution in [3.63, 3.8) is 0 Å². The lowest BCUT2D eigenvalue weighted by molar-refractivity contribution is 0.0703. The van der Waals surface area contributed by atoms with Crippen LogP contribution in [0.25, 0.3) is 0 Å². The summed E-state index contributed by atoms with van der Waals surface area (Å²) in [6.07, 6.45) is 7.45. The van der Waals surface area contributed by atoms with E-state index in [0.717, 1.165) is 30.1 Å². The lowest BCUT2D eigenvalue weighted by atomic mass is 9.95. The summed E-state index contributed by atoms with van der Waals surface area (Å²) in [5.74, 6) is 1.40. The molecule has 0 bridgehead atoms. The van der Waals surface area contributed by atoms with Crippen molar-refractivity contribution in [3.05, 3.63) is 77.9 Å². The summed E-state index contributed by atoms with van der Waals surface area (Å²) in [6, 6.07) is 11.4. The highest BCUT2D eigenvalue weighted by atomic mass is 16.5. The quantitative estimate of drug-likeness (QED) is 0.646. The number of pyridine rings is 2. The first-order valence-corrected chi connectivity index (χ1v) is 9.89. The first kappa shape index (κ1) is 19.3. The summed E-state index contributed by atoms with van der Waals surface area (Å²) in [5.41, 5.74) is 2.26. The Labute approximate surface area is 170 Å². The van der Waals surface area contributed by atoms with Gasteiger partial charge in [-0.15, -0.1) is 0 Å². The molecule has 0 unspecified atom stereocenters. The molecule has 0 N–H and O–H groups in total. The number of carbonyl (C=O) groups excluding carboxylic acids is 1. The van der Waals surface area contributed by atoms with Crippen molar-refractivity contribution in [1.29, 1.82) is 0 Å². The molecular weight excluding hydrogens is 366 g/mol. The number of hydrogen-bond acceptors (Lipinski definition) is 5. The van der Waals surface area contributed by atoms with Crippen molar-refractivity contribution in [2.75, 3.05) is 20.2 Å². The number of rotatable bonds is 6. The number of nitrogens with zero attached hydrogens (tertiary/aromatic N) is 5. The van der Waals surface area contributed by atoms with Crippen LogP contribution >= 0.6 is 0 Å². The molecule has 4 heterocycles. The van der Waals surface area contributed by atoms with Gasteiger partial charge in [0.2, 0.25) is 0 Å². The number of amides is 1. The minimum absolute atomic E-state index is 0.0155. The molecule has 1 saturated heterocycles. The molecule has 29 heavy (non-hydrogen) atoms. The van der Waals surface area contributed by atoms with E-state index in [4.69, 9.17) is 4.74 Å². The fourth-order valence-corrected chi connectivity index (χ4v) is 3.81. The predicted molar refractivity (Wildman–Crippen MR) is 108 cm³/mol. The molecule has 7 heteroatoms. The zero-order valence-electron chi connectivity index (χ0n) is 16.6. The molecule has 0 saturated carbocycles. The molecular formula is C22H25N5O2. The lowest BCUT2D eigenvalue weighted by Gasteiger charge is -2.31. The van der Waals surface area contributed by atoms with E-state index < -0.39 is 0 Å². The van der Waals surface area contributed by atoms with Crippen LogP contribution in [0, 0.1) is 0 Å². The van der Waals surface area contributed by atoms with Gasteiger partial charge in [-0.3, -0.25) is 9.78 Å². The van der Waals surface area contributed by atoms with Crippen LogP contribution in [0.15, 0.2) is 55.0 Å². The molecule has 0 spiro atoms. The van der Waals surface area contributed by atoms with Crippen molar-refractivity contribution in [2.24, 2.45) is 0 Å². The third kappa shape index (κ3) is 4.51. The maximum Gasteiger partial charge on any atom is 0.272 e. The van der Waals surface area contributed by atoms with Crippen LogP contribution in [0.5, 0.6) is 0 Å². The number of imidazole rings is 1. The summed E-state index contributed by atoms with van der Waals surface area (Å²) in [4.78, 5) is 28.2. The van der Waals surface area contributed by atoms with E-state index in [-0.39, 0.29) is 5.91 Å². The minimum Gasteiger partial charge on any atom is -0.378 e. The Morgan fingerprint density at radius 2 is 1.90 bits per heavy atom. The van der Waals surface area contributed by atoms with E-state index in [9.17, 15) is 4.79 Å². The third-order valence-corrected chi connectivity index (χ3v) is 5.27. The Bertz CT molecular complexity index is 949. The average Bonchev–Trinajstić information content (AvgIpc) is 3.22. The summed E-state index contributed by atoms with van der Waals surface area (Å²) >= 11 is 0. The smallest absolute Gasteiger partial charge is 0.272 e. The highest BCUT2D eigenvalue weighted by molar-refractivity contribution is 5.92. The van der Waals surface area contributed by atoms with Gasteiger partial charge in [0.05, 0.1) is 24.5 Å². The Morgan fingerprint density at radius 1 is 1.07 bits per heavy atom. The fourth-order valence-electron chi connectivity index (χ4n) is 3.81. The molecule has 0 radical (unpaired) electrons. The number of likely N-dealkylation sites (tertiary alicyclic amines) is 1. The second-order valence-corrected chi connectivity index (χ2v) is 7.25. The van der Waals surface area contributed by atoms with Gasteiger partial charge in [-0.25, -0.2) is 9.97 Å². The molecule has 1 fully saturated rings. The molecule has 3 aromatic heterocycles. The van der Waals surface area contributed by atoms with Crippen molar-refractivity contribution < 1.29 is 9.53 Å². The second-order valence-electron chi connectivity index (χ2n) is 7.25. The lowest BCUT2D eigenvalue weighted by Crippen LogP contribution is -2.38. The van der Waals surface area contributed by atoms with Gasteiger partial charge in [-0.2, -0.15) is 0 Å². The highest BCUT2D eigenvalue weighted by Gasteiger charge is 2.27. The van der Waals surface area contributed by atoms with Crippen LogP contribution in [0.4, 0.5) is 0 Å². The number of methoxy groups -OCH3 is 1. The van der Waals surface area contributed by atoms with Gasteiger partial charge in [0.15, 0.2) is 0 Å². The first-order valence-electron chi connectivity index (χ1n) is 9.89. The van der Waals surface area contributed by atoms with E-state index >= 15 is 0 Å². The number of carbonyl (C=O) groups is 1. The van der Waals surface area contributed by atoms with Gasteiger partial charge in [0.1, 0.15) is 11.5 Å². The van der Waals surface area contributed by atoms with E-state index in [0.29, 0.717) is 37.9 Å². The van der Waals surface area contributed by atoms with Crippen LogP contribution < -0.4 is 0 Å². The summed E-state index contributed by atoms with van der Waals surface area (Å²) in [6.45, 7) is 2.53. The summed E-state index contributed by atoms with van der Waals surface area (Å²) in [7, 11) is 1.62. The zero-order valence-corrected chi connectivity index (χ0v) is 16.6. The van der Waals surface area contributed by atoms with Crippen molar-refractivity contribution in [1.82, 2.24) is 24.4 Å². The van der Waals surface area contributed by atoms with Gasteiger partial charge in [0.25, 0.3) is 5.91 Å². The van der Waals surface area contributed by atoms with Crippen LogP contribution in [0.2, 0.25) is 0 Å². The van der Waals surface area contributed by atoms with E-state index in [1.54, 1.807) is 13.2 Å². The second kappa shape index (κ2) is 8.96. The fraction of sp³-hybridized carbons (Fsp3) is 0.364. The molecule has 3 aromatic rings. The zero-order chi connectivity index (χ0) is 20.1. The van der Waals surface area contributed by atoms with Crippen LogP contribution in [0.1, 0.15) is 46.5 Å². The third-order valence-electron chi connectivity index (χ3n) is 5.27. The largest absolute Gasteiger partial charge is 0.378 e. The first-order chi connectivity index (χ1) is 14.2. The maximum atomic E-state index is 12.9. The molecule has 1 aliphatic heterocycles.